The summed E-state index contributed by atoms with van der Waals surface area (Å²) in [5.41, 5.74) is 5.80. The molecular formula is C17H13N5O. The Morgan fingerprint density at radius 2 is 1.48 bits per heavy atom. The van der Waals surface area contributed by atoms with E-state index in [2.05, 4.69) is 20.6 Å². The van der Waals surface area contributed by atoms with Crippen LogP contribution in [0.15, 0.2) is 75.9 Å². The van der Waals surface area contributed by atoms with Crippen molar-refractivity contribution in [1.82, 2.24) is 10.4 Å². The molecule has 2 aliphatic rings. The highest BCUT2D eigenvalue weighted by atomic mass is 16.2. The van der Waals surface area contributed by atoms with E-state index in [0.29, 0.717) is 5.96 Å². The highest BCUT2D eigenvalue weighted by molar-refractivity contribution is 6.55. The lowest BCUT2D eigenvalue weighted by Gasteiger charge is -2.27. The molecule has 0 fully saturated rings. The van der Waals surface area contributed by atoms with Crippen LogP contribution in [0, 0.1) is 0 Å². The number of benzene rings is 2. The van der Waals surface area contributed by atoms with Gasteiger partial charge in [0.15, 0.2) is 0 Å². The van der Waals surface area contributed by atoms with Crippen LogP contribution in [-0.2, 0) is 4.79 Å². The van der Waals surface area contributed by atoms with Crippen LogP contribution in [0.25, 0.3) is 0 Å². The molecule has 1 N–H and O–H groups in total. The Bertz CT molecular complexity index is 840. The van der Waals surface area contributed by atoms with Gasteiger partial charge in [0.1, 0.15) is 18.0 Å². The Kier molecular flexibility index (Phi) is 3.20. The van der Waals surface area contributed by atoms with Gasteiger partial charge in [-0.2, -0.15) is 5.10 Å². The minimum absolute atomic E-state index is 0.112. The van der Waals surface area contributed by atoms with Gasteiger partial charge >= 0.3 is 0 Å². The first-order valence-corrected chi connectivity index (χ1v) is 7.24. The number of aliphatic imine (C=N–C) groups is 1. The molecule has 2 heterocycles. The van der Waals surface area contributed by atoms with E-state index in [1.165, 1.54) is 5.01 Å². The van der Waals surface area contributed by atoms with Crippen molar-refractivity contribution in [2.75, 3.05) is 6.54 Å². The molecular weight excluding hydrogens is 290 g/mol. The first-order chi connectivity index (χ1) is 11.3. The zero-order valence-corrected chi connectivity index (χ0v) is 12.2. The highest BCUT2D eigenvalue weighted by Gasteiger charge is 2.28. The molecule has 4 rings (SSSR count). The number of guanidine groups is 1. The van der Waals surface area contributed by atoms with E-state index in [9.17, 15) is 4.79 Å². The standard InChI is InChI=1S/C17H13N5O/c23-14-11-22-17(20-19-14)18-15(12-7-3-1-4-8-12)16(21-22)13-9-5-2-6-10-13/h1-10H,11H2,(H,19,23). The summed E-state index contributed by atoms with van der Waals surface area (Å²) in [5, 5.41) is 10.1. The summed E-state index contributed by atoms with van der Waals surface area (Å²) in [4.78, 5) is 16.1. The molecule has 0 saturated heterocycles. The van der Waals surface area contributed by atoms with Gasteiger partial charge < -0.3 is 0 Å². The normalized spacial score (nSPS) is 16.8. The quantitative estimate of drug-likeness (QED) is 0.915. The lowest BCUT2D eigenvalue weighted by molar-refractivity contribution is -0.122. The number of carbonyl (C=O) groups is 1. The zero-order chi connectivity index (χ0) is 15.6. The molecule has 112 valence electrons. The third-order valence-electron chi connectivity index (χ3n) is 3.56. The number of rotatable bonds is 2. The van der Waals surface area contributed by atoms with Crippen LogP contribution in [0.3, 0.4) is 0 Å². The first kappa shape index (κ1) is 13.4. The van der Waals surface area contributed by atoms with Gasteiger partial charge in [0.25, 0.3) is 11.9 Å². The summed E-state index contributed by atoms with van der Waals surface area (Å²) in [5.74, 6) is 0.186. The molecule has 0 aliphatic carbocycles. The second-order valence-corrected chi connectivity index (χ2v) is 5.15. The van der Waals surface area contributed by atoms with Gasteiger partial charge in [-0.05, 0) is 0 Å². The number of carbonyl (C=O) groups excluding carboxylic acids is 1. The predicted octanol–water partition coefficient (Wildman–Crippen LogP) is 1.60. The van der Waals surface area contributed by atoms with Gasteiger partial charge in [-0.3, -0.25) is 4.79 Å². The van der Waals surface area contributed by atoms with Crippen molar-refractivity contribution in [2.24, 2.45) is 15.2 Å². The van der Waals surface area contributed by atoms with Crippen LogP contribution in [0.5, 0.6) is 0 Å². The summed E-state index contributed by atoms with van der Waals surface area (Å²) >= 11 is 0. The molecule has 6 heteroatoms. The maximum atomic E-state index is 11.5. The molecule has 0 bridgehead atoms. The summed E-state index contributed by atoms with van der Waals surface area (Å²) in [7, 11) is 0. The van der Waals surface area contributed by atoms with Gasteiger partial charge in [-0.15, -0.1) is 5.10 Å². The number of nitrogens with one attached hydrogen (secondary N) is 1. The van der Waals surface area contributed by atoms with Crippen LogP contribution in [-0.4, -0.2) is 34.8 Å². The fourth-order valence-electron chi connectivity index (χ4n) is 2.48. The van der Waals surface area contributed by atoms with Crippen molar-refractivity contribution >= 4 is 23.3 Å². The zero-order valence-electron chi connectivity index (χ0n) is 12.2. The minimum atomic E-state index is -0.205. The topological polar surface area (TPSA) is 69.4 Å². The SMILES string of the molecule is O=C1CN2N=C(c3ccccc3)C(c3ccccc3)=NC2=NN1. The Morgan fingerprint density at radius 1 is 0.870 bits per heavy atom. The van der Waals surface area contributed by atoms with Crippen molar-refractivity contribution in [3.05, 3.63) is 71.8 Å². The van der Waals surface area contributed by atoms with E-state index >= 15 is 0 Å². The largest absolute Gasteiger partial charge is 0.271 e. The second-order valence-electron chi connectivity index (χ2n) is 5.15. The van der Waals surface area contributed by atoms with Crippen molar-refractivity contribution in [3.8, 4) is 0 Å². The van der Waals surface area contributed by atoms with Gasteiger partial charge in [0, 0.05) is 11.1 Å². The van der Waals surface area contributed by atoms with Gasteiger partial charge in [-0.25, -0.2) is 15.4 Å². The number of fused-ring (bicyclic) bond motifs is 1. The van der Waals surface area contributed by atoms with E-state index in [-0.39, 0.29) is 12.5 Å². The number of amides is 1. The molecule has 0 unspecified atom stereocenters. The highest BCUT2D eigenvalue weighted by Crippen LogP contribution is 2.17. The molecule has 1 amide bonds. The number of hydrazone groups is 2. The van der Waals surface area contributed by atoms with Crippen molar-refractivity contribution in [2.45, 2.75) is 0 Å². The summed E-state index contributed by atoms with van der Waals surface area (Å²) in [6.45, 7) is 0.112. The monoisotopic (exact) mass is 303 g/mol. The van der Waals surface area contributed by atoms with Crippen molar-refractivity contribution < 1.29 is 4.79 Å². The van der Waals surface area contributed by atoms with E-state index in [1.54, 1.807) is 0 Å². The first-order valence-electron chi connectivity index (χ1n) is 7.24. The van der Waals surface area contributed by atoms with Gasteiger partial charge in [-0.1, -0.05) is 60.7 Å². The smallest absolute Gasteiger partial charge is 0.264 e. The maximum absolute atomic E-state index is 11.5. The van der Waals surface area contributed by atoms with E-state index in [1.807, 2.05) is 60.7 Å². The second kappa shape index (κ2) is 5.49. The third-order valence-corrected chi connectivity index (χ3v) is 3.56. The van der Waals surface area contributed by atoms with Crippen LogP contribution in [0.4, 0.5) is 0 Å². The van der Waals surface area contributed by atoms with E-state index < -0.39 is 0 Å². The van der Waals surface area contributed by atoms with Gasteiger partial charge in [0.05, 0.1) is 0 Å². The molecule has 2 aromatic rings. The van der Waals surface area contributed by atoms with E-state index in [0.717, 1.165) is 22.6 Å². The summed E-state index contributed by atoms with van der Waals surface area (Å²) in [6, 6.07) is 19.6. The van der Waals surface area contributed by atoms with Crippen LogP contribution < -0.4 is 5.43 Å². The van der Waals surface area contributed by atoms with Crippen LogP contribution >= 0.6 is 0 Å². The minimum Gasteiger partial charge on any atom is -0.271 e. The van der Waals surface area contributed by atoms with Crippen molar-refractivity contribution in [1.29, 1.82) is 0 Å². The molecule has 2 aromatic carbocycles. The Balaban J connectivity index is 1.86. The predicted molar refractivity (Wildman–Crippen MR) is 88.2 cm³/mol. The molecule has 6 nitrogen and oxygen atoms in total. The molecule has 0 aromatic heterocycles. The average Bonchev–Trinajstić information content (AvgIpc) is 2.62. The van der Waals surface area contributed by atoms with Gasteiger partial charge in [0.2, 0.25) is 0 Å². The average molecular weight is 303 g/mol. The fraction of sp³-hybridized carbons (Fsp3) is 0.0588. The summed E-state index contributed by atoms with van der Waals surface area (Å²) < 4.78 is 0. The molecule has 23 heavy (non-hydrogen) atoms. The summed E-state index contributed by atoms with van der Waals surface area (Å²) in [6.07, 6.45) is 0. The Morgan fingerprint density at radius 3 is 2.13 bits per heavy atom. The molecule has 0 spiro atoms. The molecule has 0 saturated carbocycles. The molecule has 0 radical (unpaired) electrons. The number of nitrogens with zero attached hydrogens (tertiary/aromatic N) is 4. The fourth-order valence-corrected chi connectivity index (χ4v) is 2.48. The number of hydrogen-bond acceptors (Lipinski definition) is 5. The third kappa shape index (κ3) is 2.50. The van der Waals surface area contributed by atoms with Crippen LogP contribution in [0.1, 0.15) is 11.1 Å². The lowest BCUT2D eigenvalue weighted by atomic mass is 9.99. The lowest BCUT2D eigenvalue weighted by Crippen LogP contribution is -2.45. The Hall–Kier alpha value is -3.28. The Labute approximate surface area is 132 Å². The molecule has 0 atom stereocenters. The number of hydrogen-bond donors (Lipinski definition) is 1. The molecule has 2 aliphatic heterocycles. The van der Waals surface area contributed by atoms with Crippen LogP contribution in [0.2, 0.25) is 0 Å². The van der Waals surface area contributed by atoms with E-state index in [4.69, 9.17) is 0 Å². The van der Waals surface area contributed by atoms with Crippen molar-refractivity contribution in [3.63, 3.8) is 0 Å². The maximum Gasteiger partial charge on any atom is 0.264 e.